The van der Waals surface area contributed by atoms with E-state index in [0.29, 0.717) is 18.2 Å². The average Bonchev–Trinajstić information content (AvgIpc) is 2.77. The van der Waals surface area contributed by atoms with Gasteiger partial charge in [-0.2, -0.15) is 0 Å². The third-order valence-corrected chi connectivity index (χ3v) is 3.52. The Morgan fingerprint density at radius 1 is 1.61 bits per heavy atom. The van der Waals surface area contributed by atoms with E-state index in [4.69, 9.17) is 9.52 Å². The van der Waals surface area contributed by atoms with Gasteiger partial charge in [0.05, 0.1) is 12.6 Å². The minimum Gasteiger partial charge on any atom is -0.481 e. The maximum absolute atomic E-state index is 10.5. The molecule has 100 valence electrons. The van der Waals surface area contributed by atoms with Crippen LogP contribution in [0.2, 0.25) is 0 Å². The summed E-state index contributed by atoms with van der Waals surface area (Å²) in [7, 11) is 2.14. The lowest BCUT2D eigenvalue weighted by molar-refractivity contribution is -0.137. The van der Waals surface area contributed by atoms with Crippen LogP contribution in [0.1, 0.15) is 37.3 Å². The van der Waals surface area contributed by atoms with Crippen molar-refractivity contribution in [1.82, 2.24) is 9.88 Å². The SMILES string of the molecule is CN1CCCCC1Cc1ncc(CCC(=O)O)o1. The molecule has 2 heterocycles. The molecular weight excluding hydrogens is 232 g/mol. The number of piperidine rings is 1. The smallest absolute Gasteiger partial charge is 0.303 e. The van der Waals surface area contributed by atoms with E-state index in [1.54, 1.807) is 6.20 Å². The molecule has 1 aromatic rings. The number of carboxylic acid groups (broad SMARTS) is 1. The number of aromatic nitrogens is 1. The van der Waals surface area contributed by atoms with Gasteiger partial charge in [-0.1, -0.05) is 6.42 Å². The Morgan fingerprint density at radius 2 is 2.44 bits per heavy atom. The van der Waals surface area contributed by atoms with Crippen LogP contribution in [0.5, 0.6) is 0 Å². The summed E-state index contributed by atoms with van der Waals surface area (Å²) in [6, 6.07) is 0.504. The fraction of sp³-hybridized carbons (Fsp3) is 0.692. The molecule has 1 saturated heterocycles. The maximum Gasteiger partial charge on any atom is 0.303 e. The number of rotatable bonds is 5. The first-order valence-corrected chi connectivity index (χ1v) is 6.51. The second kappa shape index (κ2) is 6.00. The van der Waals surface area contributed by atoms with Gasteiger partial charge in [-0.05, 0) is 26.4 Å². The normalized spacial score (nSPS) is 21.1. The zero-order valence-electron chi connectivity index (χ0n) is 10.8. The summed E-state index contributed by atoms with van der Waals surface area (Å²) < 4.78 is 5.58. The van der Waals surface area contributed by atoms with Gasteiger partial charge < -0.3 is 14.4 Å². The second-order valence-corrected chi connectivity index (χ2v) is 4.95. The van der Waals surface area contributed by atoms with Gasteiger partial charge in [-0.25, -0.2) is 4.98 Å². The molecule has 0 spiro atoms. The topological polar surface area (TPSA) is 66.6 Å². The third-order valence-electron chi connectivity index (χ3n) is 3.52. The minimum absolute atomic E-state index is 0.0952. The molecule has 0 radical (unpaired) electrons. The van der Waals surface area contributed by atoms with E-state index in [2.05, 4.69) is 16.9 Å². The molecule has 1 atom stereocenters. The van der Waals surface area contributed by atoms with Crippen molar-refractivity contribution in [1.29, 1.82) is 0 Å². The highest BCUT2D eigenvalue weighted by Gasteiger charge is 2.21. The van der Waals surface area contributed by atoms with Gasteiger partial charge in [-0.15, -0.1) is 0 Å². The van der Waals surface area contributed by atoms with E-state index >= 15 is 0 Å². The van der Waals surface area contributed by atoms with Crippen LogP contribution in [-0.4, -0.2) is 40.6 Å². The molecule has 1 fully saturated rings. The van der Waals surface area contributed by atoms with Crippen molar-refractivity contribution in [2.24, 2.45) is 0 Å². The number of carboxylic acids is 1. The first-order valence-electron chi connectivity index (χ1n) is 6.51. The number of hydrogen-bond acceptors (Lipinski definition) is 4. The quantitative estimate of drug-likeness (QED) is 0.864. The van der Waals surface area contributed by atoms with Crippen LogP contribution < -0.4 is 0 Å². The summed E-state index contributed by atoms with van der Waals surface area (Å²) in [5, 5.41) is 8.61. The monoisotopic (exact) mass is 252 g/mol. The fourth-order valence-electron chi connectivity index (χ4n) is 2.39. The lowest BCUT2D eigenvalue weighted by Gasteiger charge is -2.31. The number of aliphatic carboxylic acids is 1. The van der Waals surface area contributed by atoms with Crippen molar-refractivity contribution in [3.05, 3.63) is 17.8 Å². The Labute approximate surface area is 107 Å². The standard InChI is InChI=1S/C13H20N2O3/c1-15-7-3-2-4-10(15)8-12-14-9-11(18-12)5-6-13(16)17/h9-10H,2-8H2,1H3,(H,16,17). The van der Waals surface area contributed by atoms with Crippen molar-refractivity contribution in [3.63, 3.8) is 0 Å². The van der Waals surface area contributed by atoms with Crippen molar-refractivity contribution >= 4 is 5.97 Å². The van der Waals surface area contributed by atoms with Gasteiger partial charge >= 0.3 is 5.97 Å². The van der Waals surface area contributed by atoms with Gasteiger partial charge in [-0.3, -0.25) is 4.79 Å². The van der Waals surface area contributed by atoms with Gasteiger partial charge in [0.2, 0.25) is 0 Å². The summed E-state index contributed by atoms with van der Waals surface area (Å²) in [5.41, 5.74) is 0. The number of nitrogens with zero attached hydrogens (tertiary/aromatic N) is 2. The van der Waals surface area contributed by atoms with Crippen molar-refractivity contribution < 1.29 is 14.3 Å². The zero-order valence-corrected chi connectivity index (χ0v) is 10.8. The Balaban J connectivity index is 1.87. The lowest BCUT2D eigenvalue weighted by atomic mass is 10.0. The number of oxazole rings is 1. The van der Waals surface area contributed by atoms with Crippen LogP contribution in [0.15, 0.2) is 10.6 Å². The highest BCUT2D eigenvalue weighted by molar-refractivity contribution is 5.66. The fourth-order valence-corrected chi connectivity index (χ4v) is 2.39. The number of hydrogen-bond donors (Lipinski definition) is 1. The first-order chi connectivity index (χ1) is 8.65. The highest BCUT2D eigenvalue weighted by atomic mass is 16.4. The zero-order chi connectivity index (χ0) is 13.0. The molecule has 2 rings (SSSR count). The highest BCUT2D eigenvalue weighted by Crippen LogP contribution is 2.19. The first kappa shape index (κ1) is 13.1. The summed E-state index contributed by atoms with van der Waals surface area (Å²) in [5.74, 6) is 0.597. The van der Waals surface area contributed by atoms with Gasteiger partial charge in [0.1, 0.15) is 5.76 Å². The van der Waals surface area contributed by atoms with Crippen LogP contribution in [0, 0.1) is 0 Å². The number of aryl methyl sites for hydroxylation is 1. The van der Waals surface area contributed by atoms with Crippen molar-refractivity contribution in [2.45, 2.75) is 44.6 Å². The van der Waals surface area contributed by atoms with Crippen LogP contribution in [0.25, 0.3) is 0 Å². The maximum atomic E-state index is 10.5. The number of likely N-dealkylation sites (tertiary alicyclic amines) is 1. The van der Waals surface area contributed by atoms with Crippen LogP contribution in [0.3, 0.4) is 0 Å². The lowest BCUT2D eigenvalue weighted by Crippen LogP contribution is -2.37. The van der Waals surface area contributed by atoms with E-state index in [1.807, 2.05) is 0 Å². The van der Waals surface area contributed by atoms with Crippen LogP contribution >= 0.6 is 0 Å². The summed E-state index contributed by atoms with van der Waals surface area (Å²) in [4.78, 5) is 17.1. The van der Waals surface area contributed by atoms with E-state index < -0.39 is 5.97 Å². The molecule has 5 nitrogen and oxygen atoms in total. The molecule has 1 aromatic heterocycles. The van der Waals surface area contributed by atoms with Crippen LogP contribution in [0.4, 0.5) is 0 Å². The molecule has 5 heteroatoms. The third kappa shape index (κ3) is 3.57. The molecule has 1 aliphatic heterocycles. The molecule has 0 aliphatic carbocycles. The van der Waals surface area contributed by atoms with Gasteiger partial charge in [0.25, 0.3) is 0 Å². The molecule has 1 N–H and O–H groups in total. The molecule has 0 amide bonds. The van der Waals surface area contributed by atoms with E-state index in [0.717, 1.165) is 18.9 Å². The number of carbonyl (C=O) groups is 1. The summed E-state index contributed by atoms with van der Waals surface area (Å²) in [6.45, 7) is 1.14. The number of likely N-dealkylation sites (N-methyl/N-ethyl adjacent to an activating group) is 1. The average molecular weight is 252 g/mol. The summed E-state index contributed by atoms with van der Waals surface area (Å²) in [6.07, 6.45) is 6.71. The van der Waals surface area contributed by atoms with E-state index in [1.165, 1.54) is 19.3 Å². The van der Waals surface area contributed by atoms with Crippen molar-refractivity contribution in [2.75, 3.05) is 13.6 Å². The Hall–Kier alpha value is -1.36. The molecule has 0 bridgehead atoms. The molecule has 0 saturated carbocycles. The molecular formula is C13H20N2O3. The van der Waals surface area contributed by atoms with Crippen molar-refractivity contribution in [3.8, 4) is 0 Å². The Bertz CT molecular complexity index is 403. The van der Waals surface area contributed by atoms with Gasteiger partial charge in [0.15, 0.2) is 5.89 Å². The van der Waals surface area contributed by atoms with E-state index in [-0.39, 0.29) is 6.42 Å². The largest absolute Gasteiger partial charge is 0.481 e. The molecule has 1 aliphatic rings. The Morgan fingerprint density at radius 3 is 3.17 bits per heavy atom. The molecule has 0 aromatic carbocycles. The molecule has 1 unspecified atom stereocenters. The Kier molecular flexibility index (Phi) is 4.36. The van der Waals surface area contributed by atoms with Crippen LogP contribution in [-0.2, 0) is 17.6 Å². The second-order valence-electron chi connectivity index (χ2n) is 4.95. The molecule has 18 heavy (non-hydrogen) atoms. The van der Waals surface area contributed by atoms with Gasteiger partial charge in [0, 0.05) is 18.9 Å². The predicted octanol–water partition coefficient (Wildman–Crippen LogP) is 1.72. The summed E-state index contributed by atoms with van der Waals surface area (Å²) >= 11 is 0. The van der Waals surface area contributed by atoms with E-state index in [9.17, 15) is 4.79 Å². The predicted molar refractivity (Wildman–Crippen MR) is 66.4 cm³/mol. The minimum atomic E-state index is -0.806.